The van der Waals surface area contributed by atoms with Crippen LogP contribution in [-0.2, 0) is 14.3 Å². The van der Waals surface area contributed by atoms with Crippen LogP contribution in [-0.4, -0.2) is 37.0 Å². The van der Waals surface area contributed by atoms with Gasteiger partial charge in [-0.25, -0.2) is 4.79 Å². The second-order valence-corrected chi connectivity index (χ2v) is 2.52. The smallest absolute Gasteiger partial charge is 0.330 e. The highest BCUT2D eigenvalue weighted by Crippen LogP contribution is 1.95. The predicted molar refractivity (Wildman–Crippen MR) is 44.4 cm³/mol. The first-order valence-corrected chi connectivity index (χ1v) is 3.53. The van der Waals surface area contributed by atoms with Crippen LogP contribution in [0.1, 0.15) is 6.92 Å². The molecule has 12 heavy (non-hydrogen) atoms. The summed E-state index contributed by atoms with van der Waals surface area (Å²) in [7, 11) is 3.20. The minimum Gasteiger partial charge on any atom is -0.449 e. The van der Waals surface area contributed by atoms with Gasteiger partial charge in [-0.3, -0.25) is 4.79 Å². The Balaban J connectivity index is 4.03. The summed E-state index contributed by atoms with van der Waals surface area (Å²) in [6.07, 6.45) is 0.282. The number of hydrogen-bond acceptors (Lipinski definition) is 3. The summed E-state index contributed by atoms with van der Waals surface area (Å²) in [5.41, 5.74) is 0. The molecule has 68 valence electrons. The second-order valence-electron chi connectivity index (χ2n) is 2.52. The molecule has 0 spiro atoms. The molecule has 1 atom stereocenters. The van der Waals surface area contributed by atoms with Gasteiger partial charge in [0.1, 0.15) is 0 Å². The minimum atomic E-state index is -0.745. The number of ether oxygens (including phenoxy) is 1. The number of nitrogens with zero attached hydrogens (tertiary/aromatic N) is 1. The maximum atomic E-state index is 11.1. The Bertz CT molecular complexity index is 198. The first-order chi connectivity index (χ1) is 5.49. The van der Waals surface area contributed by atoms with Crippen molar-refractivity contribution in [2.75, 3.05) is 14.1 Å². The van der Waals surface area contributed by atoms with Gasteiger partial charge in [0.25, 0.3) is 5.91 Å². The summed E-state index contributed by atoms with van der Waals surface area (Å²) in [5, 5.41) is 0. The van der Waals surface area contributed by atoms with Crippen LogP contribution in [0.2, 0.25) is 0 Å². The summed E-state index contributed by atoms with van der Waals surface area (Å²) < 4.78 is 4.67. The molecule has 0 N–H and O–H groups in total. The first-order valence-electron chi connectivity index (χ1n) is 3.53. The highest BCUT2D eigenvalue weighted by molar-refractivity contribution is 5.86. The van der Waals surface area contributed by atoms with Gasteiger partial charge in [0.05, 0.1) is 0 Å². The van der Waals surface area contributed by atoms with Crippen LogP contribution in [0, 0.1) is 0 Å². The van der Waals surface area contributed by atoms with Crippen molar-refractivity contribution in [3.8, 4) is 0 Å². The molecule has 0 bridgehead atoms. The van der Waals surface area contributed by atoms with Crippen molar-refractivity contribution in [1.29, 1.82) is 0 Å². The van der Waals surface area contributed by atoms with E-state index in [2.05, 4.69) is 11.3 Å². The Morgan fingerprint density at radius 1 is 1.50 bits per heavy atom. The van der Waals surface area contributed by atoms with Gasteiger partial charge in [-0.05, 0) is 6.92 Å². The molecule has 4 nitrogen and oxygen atoms in total. The molecule has 0 aliphatic rings. The Hall–Kier alpha value is -1.32. The predicted octanol–water partition coefficient (Wildman–Crippen LogP) is 0.192. The van der Waals surface area contributed by atoms with Crippen LogP contribution in [0.5, 0.6) is 0 Å². The van der Waals surface area contributed by atoms with Crippen molar-refractivity contribution in [2.45, 2.75) is 13.0 Å². The number of amides is 1. The van der Waals surface area contributed by atoms with E-state index in [-0.39, 0.29) is 5.91 Å². The van der Waals surface area contributed by atoms with E-state index < -0.39 is 12.1 Å². The zero-order chi connectivity index (χ0) is 9.72. The van der Waals surface area contributed by atoms with E-state index in [9.17, 15) is 9.59 Å². The maximum Gasteiger partial charge on any atom is 0.330 e. The highest BCUT2D eigenvalue weighted by atomic mass is 16.5. The molecule has 0 aromatic rings. The molecular formula is C8H13NO3. The van der Waals surface area contributed by atoms with Crippen LogP contribution in [0.4, 0.5) is 0 Å². The van der Waals surface area contributed by atoms with Gasteiger partial charge in [-0.2, -0.15) is 0 Å². The minimum absolute atomic E-state index is 0.245. The third-order valence-electron chi connectivity index (χ3n) is 1.25. The Morgan fingerprint density at radius 3 is 2.33 bits per heavy atom. The number of carbonyl (C=O) groups is 2. The lowest BCUT2D eigenvalue weighted by molar-refractivity contribution is -0.153. The molecule has 0 saturated heterocycles. The van der Waals surface area contributed by atoms with E-state index in [1.54, 1.807) is 14.1 Å². The third-order valence-corrected chi connectivity index (χ3v) is 1.25. The Morgan fingerprint density at radius 2 is 2.00 bits per heavy atom. The fourth-order valence-corrected chi connectivity index (χ4v) is 0.636. The van der Waals surface area contributed by atoms with Crippen molar-refractivity contribution >= 4 is 11.9 Å². The molecule has 0 aliphatic heterocycles. The van der Waals surface area contributed by atoms with E-state index in [0.717, 1.165) is 6.08 Å². The lowest BCUT2D eigenvalue weighted by atomic mass is 10.3. The van der Waals surface area contributed by atoms with Crippen molar-refractivity contribution in [1.82, 2.24) is 4.90 Å². The van der Waals surface area contributed by atoms with E-state index >= 15 is 0 Å². The quantitative estimate of drug-likeness (QED) is 0.450. The standard InChI is InChI=1S/C8H13NO3/c1-5-7(10)12-6(2)8(11)9(3)4/h5-6H,1H2,2-4H3. The SMILES string of the molecule is C=CC(=O)OC(C)C(=O)N(C)C. The molecule has 0 saturated carbocycles. The van der Waals surface area contributed by atoms with Gasteiger partial charge in [-0.15, -0.1) is 0 Å². The summed E-state index contributed by atoms with van der Waals surface area (Å²) in [6, 6.07) is 0. The maximum absolute atomic E-state index is 11.1. The van der Waals surface area contributed by atoms with Crippen LogP contribution in [0.3, 0.4) is 0 Å². The van der Waals surface area contributed by atoms with Gasteiger partial charge < -0.3 is 9.64 Å². The average molecular weight is 171 g/mol. The highest BCUT2D eigenvalue weighted by Gasteiger charge is 2.17. The van der Waals surface area contributed by atoms with E-state index in [0.29, 0.717) is 0 Å². The van der Waals surface area contributed by atoms with E-state index in [4.69, 9.17) is 0 Å². The fourth-order valence-electron chi connectivity index (χ4n) is 0.636. The van der Waals surface area contributed by atoms with E-state index in [1.807, 2.05) is 0 Å². The van der Waals surface area contributed by atoms with Crippen LogP contribution < -0.4 is 0 Å². The second kappa shape index (κ2) is 4.54. The number of rotatable bonds is 3. The third kappa shape index (κ3) is 3.18. The molecule has 4 heteroatoms. The summed E-state index contributed by atoms with van der Waals surface area (Å²) in [4.78, 5) is 23.1. The summed E-state index contributed by atoms with van der Waals surface area (Å²) >= 11 is 0. The van der Waals surface area contributed by atoms with Crippen molar-refractivity contribution < 1.29 is 14.3 Å². The first kappa shape index (κ1) is 10.7. The molecule has 1 unspecified atom stereocenters. The summed E-state index contributed by atoms with van der Waals surface area (Å²) in [6.45, 7) is 4.74. The largest absolute Gasteiger partial charge is 0.449 e. The molecule has 0 fully saturated rings. The van der Waals surface area contributed by atoms with Gasteiger partial charge in [0, 0.05) is 20.2 Å². The molecule has 0 aromatic heterocycles. The monoisotopic (exact) mass is 171 g/mol. The van der Waals surface area contributed by atoms with Crippen LogP contribution in [0.15, 0.2) is 12.7 Å². The Kier molecular flexibility index (Phi) is 4.04. The van der Waals surface area contributed by atoms with Gasteiger partial charge in [0.15, 0.2) is 6.10 Å². The van der Waals surface area contributed by atoms with E-state index in [1.165, 1.54) is 11.8 Å². The van der Waals surface area contributed by atoms with Crippen LogP contribution in [0.25, 0.3) is 0 Å². The molecule has 0 aliphatic carbocycles. The van der Waals surface area contributed by atoms with Crippen molar-refractivity contribution in [3.63, 3.8) is 0 Å². The lowest BCUT2D eigenvalue weighted by Gasteiger charge is -2.16. The van der Waals surface area contributed by atoms with Crippen molar-refractivity contribution in [3.05, 3.63) is 12.7 Å². The van der Waals surface area contributed by atoms with Gasteiger partial charge in [-0.1, -0.05) is 6.58 Å². The fraction of sp³-hybridized carbons (Fsp3) is 0.500. The average Bonchev–Trinajstić information content (AvgIpc) is 2.02. The normalized spacial score (nSPS) is 11.6. The zero-order valence-corrected chi connectivity index (χ0v) is 7.53. The number of likely N-dealkylation sites (N-methyl/N-ethyl adjacent to an activating group) is 1. The summed E-state index contributed by atoms with van der Waals surface area (Å²) in [5.74, 6) is -0.831. The molecular weight excluding hydrogens is 158 g/mol. The number of esters is 1. The number of carbonyl (C=O) groups excluding carboxylic acids is 2. The molecule has 0 radical (unpaired) electrons. The zero-order valence-electron chi connectivity index (χ0n) is 7.53. The topological polar surface area (TPSA) is 46.6 Å². The molecule has 0 heterocycles. The molecule has 0 aromatic carbocycles. The lowest BCUT2D eigenvalue weighted by Crippen LogP contribution is -2.34. The van der Waals surface area contributed by atoms with Gasteiger partial charge >= 0.3 is 5.97 Å². The van der Waals surface area contributed by atoms with Crippen molar-refractivity contribution in [2.24, 2.45) is 0 Å². The number of hydrogen-bond donors (Lipinski definition) is 0. The van der Waals surface area contributed by atoms with Gasteiger partial charge in [0.2, 0.25) is 0 Å². The molecule has 1 amide bonds. The van der Waals surface area contributed by atoms with Crippen LogP contribution >= 0.6 is 0 Å². The Labute approximate surface area is 71.8 Å². The molecule has 0 rings (SSSR count).